The van der Waals surface area contributed by atoms with Gasteiger partial charge in [-0.15, -0.1) is 0 Å². The van der Waals surface area contributed by atoms with E-state index in [1.165, 1.54) is 26.5 Å². The van der Waals surface area contributed by atoms with E-state index in [2.05, 4.69) is 15.5 Å². The van der Waals surface area contributed by atoms with Gasteiger partial charge in [0.2, 0.25) is 0 Å². The Balaban J connectivity index is 2.11. The molecule has 3 aromatic rings. The van der Waals surface area contributed by atoms with Crippen molar-refractivity contribution in [2.75, 3.05) is 19.5 Å². The van der Waals surface area contributed by atoms with E-state index < -0.39 is 5.82 Å². The Kier molecular flexibility index (Phi) is 4.26. The lowest BCUT2D eigenvalue weighted by Gasteiger charge is -2.13. The number of hydrogen-bond acceptors (Lipinski definition) is 6. The fraction of sp³-hybridized carbons (Fsp3) is 0.125. The van der Waals surface area contributed by atoms with Gasteiger partial charge in [0.1, 0.15) is 11.6 Å². The first-order valence-corrected chi connectivity index (χ1v) is 7.23. The number of anilines is 2. The first-order chi connectivity index (χ1) is 11.5. The van der Waals surface area contributed by atoms with Crippen LogP contribution in [0.3, 0.4) is 0 Å². The zero-order valence-electron chi connectivity index (χ0n) is 12.8. The molecule has 0 fully saturated rings. The molecular formula is C16H13ClFN3O3. The predicted octanol–water partition coefficient (Wildman–Crippen LogP) is 3.89. The third-order valence-electron chi connectivity index (χ3n) is 3.45. The van der Waals surface area contributed by atoms with E-state index in [4.69, 9.17) is 21.1 Å². The molecule has 0 unspecified atom stereocenters. The van der Waals surface area contributed by atoms with Crippen molar-refractivity contribution in [1.82, 2.24) is 10.2 Å². The van der Waals surface area contributed by atoms with Gasteiger partial charge >= 0.3 is 0 Å². The van der Waals surface area contributed by atoms with Crippen molar-refractivity contribution >= 4 is 33.9 Å². The molecule has 0 aliphatic carbocycles. The third-order valence-corrected chi connectivity index (χ3v) is 3.75. The summed E-state index contributed by atoms with van der Waals surface area (Å²) in [5.41, 5.74) is 1.08. The lowest BCUT2D eigenvalue weighted by atomic mass is 10.1. The predicted molar refractivity (Wildman–Crippen MR) is 89.0 cm³/mol. The summed E-state index contributed by atoms with van der Waals surface area (Å²) >= 11 is 5.69. The van der Waals surface area contributed by atoms with Gasteiger partial charge in [-0.05, 0) is 12.1 Å². The Morgan fingerprint density at radius 2 is 1.79 bits per heavy atom. The maximum atomic E-state index is 14.0. The highest BCUT2D eigenvalue weighted by atomic mass is 35.5. The number of nitrogens with zero attached hydrogens (tertiary/aromatic N) is 2. The van der Waals surface area contributed by atoms with Crippen molar-refractivity contribution < 1.29 is 19.0 Å². The van der Waals surface area contributed by atoms with E-state index in [-0.39, 0.29) is 16.5 Å². The van der Waals surface area contributed by atoms with Gasteiger partial charge in [0.15, 0.2) is 11.5 Å². The minimum absolute atomic E-state index is 0.0565. The molecule has 0 radical (unpaired) electrons. The molecule has 0 atom stereocenters. The molecule has 2 N–H and O–H groups in total. The number of phenols is 1. The smallest absolute Gasteiger partial charge is 0.162 e. The van der Waals surface area contributed by atoms with Crippen LogP contribution in [0.4, 0.5) is 15.8 Å². The van der Waals surface area contributed by atoms with E-state index in [1.54, 1.807) is 12.1 Å². The minimum Gasteiger partial charge on any atom is -0.506 e. The van der Waals surface area contributed by atoms with Crippen LogP contribution >= 0.6 is 11.6 Å². The average Bonchev–Trinajstić information content (AvgIpc) is 2.58. The van der Waals surface area contributed by atoms with E-state index >= 15 is 0 Å². The Morgan fingerprint density at radius 1 is 1.08 bits per heavy atom. The Bertz CT molecular complexity index is 921. The number of nitrogens with one attached hydrogen (secondary N) is 1. The van der Waals surface area contributed by atoms with Gasteiger partial charge in [-0.1, -0.05) is 11.6 Å². The molecule has 2 aromatic carbocycles. The molecule has 1 aromatic heterocycles. The van der Waals surface area contributed by atoms with Crippen LogP contribution in [-0.2, 0) is 0 Å². The van der Waals surface area contributed by atoms with Crippen molar-refractivity contribution in [3.63, 3.8) is 0 Å². The van der Waals surface area contributed by atoms with Crippen molar-refractivity contribution in [2.24, 2.45) is 0 Å². The van der Waals surface area contributed by atoms with Crippen LogP contribution in [0.1, 0.15) is 0 Å². The fourth-order valence-electron chi connectivity index (χ4n) is 2.26. The van der Waals surface area contributed by atoms with Crippen LogP contribution in [0.25, 0.3) is 10.9 Å². The van der Waals surface area contributed by atoms with Gasteiger partial charge in [0.25, 0.3) is 0 Å². The molecule has 6 nitrogen and oxygen atoms in total. The van der Waals surface area contributed by atoms with Gasteiger partial charge in [-0.2, -0.15) is 10.2 Å². The fourth-order valence-corrected chi connectivity index (χ4v) is 2.41. The number of hydrogen-bond donors (Lipinski definition) is 2. The van der Waals surface area contributed by atoms with Crippen LogP contribution in [0.2, 0.25) is 5.02 Å². The van der Waals surface area contributed by atoms with Crippen LogP contribution in [-0.4, -0.2) is 29.5 Å². The molecule has 0 amide bonds. The molecule has 0 saturated heterocycles. The summed E-state index contributed by atoms with van der Waals surface area (Å²) in [5.74, 6) is 0.168. The second kappa shape index (κ2) is 6.37. The lowest BCUT2D eigenvalue weighted by Crippen LogP contribution is -1.98. The van der Waals surface area contributed by atoms with E-state index in [9.17, 15) is 9.50 Å². The van der Waals surface area contributed by atoms with E-state index in [1.807, 2.05) is 0 Å². The molecule has 0 bridgehead atoms. The summed E-state index contributed by atoms with van der Waals surface area (Å²) in [4.78, 5) is 0. The normalized spacial score (nSPS) is 10.7. The first-order valence-electron chi connectivity index (χ1n) is 6.86. The SMILES string of the molecule is COc1cc2nncc(Nc3cc(O)c(Cl)cc3F)c2cc1OC. The number of benzene rings is 2. The average molecular weight is 350 g/mol. The number of phenolic OH excluding ortho intramolecular Hbond substituents is 1. The number of aromatic hydroxyl groups is 1. The van der Waals surface area contributed by atoms with Crippen LogP contribution in [0, 0.1) is 5.82 Å². The zero-order valence-corrected chi connectivity index (χ0v) is 13.6. The number of aromatic nitrogens is 2. The lowest BCUT2D eigenvalue weighted by molar-refractivity contribution is 0.356. The van der Waals surface area contributed by atoms with Crippen molar-refractivity contribution in [3.8, 4) is 17.2 Å². The molecule has 3 rings (SSSR count). The third kappa shape index (κ3) is 2.85. The number of halogens is 2. The highest BCUT2D eigenvalue weighted by molar-refractivity contribution is 6.32. The minimum atomic E-state index is -0.608. The van der Waals surface area contributed by atoms with Gasteiger partial charge in [-0.3, -0.25) is 0 Å². The maximum Gasteiger partial charge on any atom is 0.162 e. The highest BCUT2D eigenvalue weighted by Crippen LogP contribution is 2.36. The second-order valence-electron chi connectivity index (χ2n) is 4.89. The quantitative estimate of drug-likeness (QED) is 0.744. The summed E-state index contributed by atoms with van der Waals surface area (Å²) in [5, 5.41) is 21.0. The van der Waals surface area contributed by atoms with Crippen LogP contribution in [0.5, 0.6) is 17.2 Å². The first kappa shape index (κ1) is 16.1. The Labute approximate surface area is 141 Å². The van der Waals surface area contributed by atoms with Gasteiger partial charge in [-0.25, -0.2) is 4.39 Å². The molecule has 0 aliphatic heterocycles. The van der Waals surface area contributed by atoms with Gasteiger partial charge < -0.3 is 19.9 Å². The molecule has 124 valence electrons. The monoisotopic (exact) mass is 349 g/mol. The number of methoxy groups -OCH3 is 2. The van der Waals surface area contributed by atoms with Gasteiger partial charge in [0.05, 0.1) is 42.3 Å². The molecule has 0 aliphatic rings. The molecule has 0 saturated carbocycles. The summed E-state index contributed by atoms with van der Waals surface area (Å²) in [6.07, 6.45) is 1.44. The summed E-state index contributed by atoms with van der Waals surface area (Å²) in [7, 11) is 3.04. The summed E-state index contributed by atoms with van der Waals surface area (Å²) in [6.45, 7) is 0. The highest BCUT2D eigenvalue weighted by Gasteiger charge is 2.13. The standard InChI is InChI=1S/C16H13ClFN3O3/c1-23-15-3-8-11(6-16(15)24-2)21-19-7-13(8)20-12-5-14(22)9(17)4-10(12)18/h3-7,22H,1-2H3,(H,20,21). The zero-order chi connectivity index (χ0) is 17.3. The molecular weight excluding hydrogens is 337 g/mol. The largest absolute Gasteiger partial charge is 0.506 e. The van der Waals surface area contributed by atoms with E-state index in [0.29, 0.717) is 28.1 Å². The molecule has 8 heteroatoms. The Morgan fingerprint density at radius 3 is 2.50 bits per heavy atom. The van der Waals surface area contributed by atoms with Gasteiger partial charge in [0, 0.05) is 17.5 Å². The summed E-state index contributed by atoms with van der Waals surface area (Å²) < 4.78 is 24.5. The van der Waals surface area contributed by atoms with Crippen LogP contribution < -0.4 is 14.8 Å². The molecule has 24 heavy (non-hydrogen) atoms. The number of ether oxygens (including phenoxy) is 2. The summed E-state index contributed by atoms with van der Waals surface area (Å²) in [6, 6.07) is 5.60. The van der Waals surface area contributed by atoms with E-state index in [0.717, 1.165) is 6.07 Å². The molecule has 0 spiro atoms. The van der Waals surface area contributed by atoms with Crippen molar-refractivity contribution in [3.05, 3.63) is 41.3 Å². The second-order valence-corrected chi connectivity index (χ2v) is 5.30. The Hall–Kier alpha value is -2.80. The maximum absolute atomic E-state index is 14.0. The van der Waals surface area contributed by atoms with Crippen LogP contribution in [0.15, 0.2) is 30.5 Å². The van der Waals surface area contributed by atoms with Crippen molar-refractivity contribution in [1.29, 1.82) is 0 Å². The number of rotatable bonds is 4. The topological polar surface area (TPSA) is 76.5 Å². The number of fused-ring (bicyclic) bond motifs is 1. The molecule has 1 heterocycles. The van der Waals surface area contributed by atoms with Crippen molar-refractivity contribution in [2.45, 2.75) is 0 Å².